The topological polar surface area (TPSA) is 85.1 Å². The Balaban J connectivity index is 2.61. The van der Waals surface area contributed by atoms with E-state index < -0.39 is 21.7 Å². The molecule has 7 heteroatoms. The van der Waals surface area contributed by atoms with Crippen LogP contribution in [0, 0.1) is 5.82 Å². The van der Waals surface area contributed by atoms with Gasteiger partial charge in [-0.25, -0.2) is 12.8 Å². The van der Waals surface area contributed by atoms with E-state index in [-0.39, 0.29) is 17.2 Å². The Bertz CT molecular complexity index is 479. The quantitative estimate of drug-likeness (QED) is 0.571. The molecule has 102 valence electrons. The van der Waals surface area contributed by atoms with E-state index in [0.717, 1.165) is 0 Å². The van der Waals surface area contributed by atoms with Gasteiger partial charge in [-0.1, -0.05) is 6.92 Å². The van der Waals surface area contributed by atoms with Crippen LogP contribution < -0.4 is 11.3 Å². The third kappa shape index (κ3) is 4.32. The number of sulfone groups is 1. The number of nitrogens with zero attached hydrogens (tertiary/aromatic N) is 1. The number of hydrogen-bond acceptors (Lipinski definition) is 5. The van der Waals surface area contributed by atoms with Crippen molar-refractivity contribution in [1.82, 2.24) is 10.4 Å². The van der Waals surface area contributed by atoms with Crippen molar-refractivity contribution in [2.75, 3.05) is 11.5 Å². The van der Waals surface area contributed by atoms with Crippen molar-refractivity contribution in [3.8, 4) is 0 Å². The van der Waals surface area contributed by atoms with E-state index >= 15 is 0 Å². The summed E-state index contributed by atoms with van der Waals surface area (Å²) in [6, 6.07) is 2.32. The summed E-state index contributed by atoms with van der Waals surface area (Å²) in [6.45, 7) is 1.60. The van der Waals surface area contributed by atoms with E-state index in [2.05, 4.69) is 10.4 Å². The summed E-state index contributed by atoms with van der Waals surface area (Å²) in [6.07, 6.45) is 2.32. The minimum absolute atomic E-state index is 0.0795. The van der Waals surface area contributed by atoms with E-state index in [0.29, 0.717) is 12.8 Å². The first kappa shape index (κ1) is 15.0. The molecule has 3 N–H and O–H groups in total. The van der Waals surface area contributed by atoms with Crippen molar-refractivity contribution >= 4 is 9.84 Å². The zero-order valence-corrected chi connectivity index (χ0v) is 11.1. The first-order valence-electron chi connectivity index (χ1n) is 5.77. The molecule has 0 saturated carbocycles. The Morgan fingerprint density at radius 2 is 2.28 bits per heavy atom. The van der Waals surface area contributed by atoms with Gasteiger partial charge in [-0.2, -0.15) is 0 Å². The normalized spacial score (nSPS) is 13.5. The molecular weight excluding hydrogens is 257 g/mol. The summed E-state index contributed by atoms with van der Waals surface area (Å²) >= 11 is 0. The summed E-state index contributed by atoms with van der Waals surface area (Å²) in [7, 11) is -3.00. The Kier molecular flexibility index (Phi) is 5.64. The van der Waals surface area contributed by atoms with Crippen LogP contribution >= 0.6 is 0 Å². The number of rotatable bonds is 7. The second-order valence-electron chi connectivity index (χ2n) is 3.97. The zero-order chi connectivity index (χ0) is 13.6. The third-order valence-electron chi connectivity index (χ3n) is 2.71. The van der Waals surface area contributed by atoms with Gasteiger partial charge in [0.05, 0.1) is 17.5 Å². The van der Waals surface area contributed by atoms with Crippen LogP contribution in [0.2, 0.25) is 0 Å². The van der Waals surface area contributed by atoms with Gasteiger partial charge in [0.25, 0.3) is 0 Å². The standard InChI is InChI=1S/C11H18FN3O2S/c1-2-18(16,17)8-4-6-10(15-13)11-9(12)5-3-7-14-11/h3,5,7,10,15H,2,4,6,8,13H2,1H3. The molecule has 1 aromatic rings. The monoisotopic (exact) mass is 275 g/mol. The minimum atomic E-state index is -3.00. The molecule has 18 heavy (non-hydrogen) atoms. The van der Waals surface area contributed by atoms with Crippen LogP contribution in [-0.4, -0.2) is 24.9 Å². The maximum absolute atomic E-state index is 13.5. The van der Waals surface area contributed by atoms with Crippen LogP contribution in [0.15, 0.2) is 18.3 Å². The lowest BCUT2D eigenvalue weighted by Crippen LogP contribution is -2.30. The number of hydrogen-bond donors (Lipinski definition) is 2. The summed E-state index contributed by atoms with van der Waals surface area (Å²) in [4.78, 5) is 3.92. The maximum atomic E-state index is 13.5. The van der Waals surface area contributed by atoms with Gasteiger partial charge < -0.3 is 0 Å². The van der Waals surface area contributed by atoms with Gasteiger partial charge in [-0.05, 0) is 25.0 Å². The van der Waals surface area contributed by atoms with Gasteiger partial charge in [0.2, 0.25) is 0 Å². The molecule has 1 atom stereocenters. The molecule has 0 fully saturated rings. The van der Waals surface area contributed by atoms with Crippen LogP contribution in [0.1, 0.15) is 31.5 Å². The Labute approximate surface area is 106 Å². The summed E-state index contributed by atoms with van der Waals surface area (Å²) in [5.74, 6) is 5.10. The van der Waals surface area contributed by atoms with Crippen molar-refractivity contribution in [3.05, 3.63) is 29.8 Å². The molecule has 0 spiro atoms. The van der Waals surface area contributed by atoms with Gasteiger partial charge in [0.1, 0.15) is 15.7 Å². The van der Waals surface area contributed by atoms with Gasteiger partial charge in [-0.3, -0.25) is 16.3 Å². The highest BCUT2D eigenvalue weighted by molar-refractivity contribution is 7.91. The fourth-order valence-corrected chi connectivity index (χ4v) is 2.50. The molecule has 0 amide bonds. The molecule has 0 aliphatic rings. The van der Waals surface area contributed by atoms with E-state index in [4.69, 9.17) is 5.84 Å². The lowest BCUT2D eigenvalue weighted by molar-refractivity contribution is 0.466. The second-order valence-corrected chi connectivity index (χ2v) is 6.44. The molecule has 0 bridgehead atoms. The first-order chi connectivity index (χ1) is 8.50. The molecule has 5 nitrogen and oxygen atoms in total. The third-order valence-corrected chi connectivity index (χ3v) is 4.50. The predicted octanol–water partition coefficient (Wildman–Crippen LogP) is 0.940. The van der Waals surface area contributed by atoms with Crippen LogP contribution in [-0.2, 0) is 9.84 Å². The highest BCUT2D eigenvalue weighted by Crippen LogP contribution is 2.18. The molecule has 1 aromatic heterocycles. The molecule has 1 unspecified atom stereocenters. The molecular formula is C11H18FN3O2S. The van der Waals surface area contributed by atoms with Crippen LogP contribution in [0.3, 0.4) is 0 Å². The highest BCUT2D eigenvalue weighted by atomic mass is 32.2. The summed E-state index contributed by atoms with van der Waals surface area (Å²) < 4.78 is 36.1. The Hall–Kier alpha value is -1.05. The predicted molar refractivity (Wildman–Crippen MR) is 67.8 cm³/mol. The minimum Gasteiger partial charge on any atom is -0.271 e. The first-order valence-corrected chi connectivity index (χ1v) is 7.59. The van der Waals surface area contributed by atoms with Crippen LogP contribution in [0.5, 0.6) is 0 Å². The number of aromatic nitrogens is 1. The Morgan fingerprint density at radius 1 is 1.56 bits per heavy atom. The van der Waals surface area contributed by atoms with Crippen molar-refractivity contribution in [2.45, 2.75) is 25.8 Å². The fraction of sp³-hybridized carbons (Fsp3) is 0.545. The van der Waals surface area contributed by atoms with Crippen LogP contribution in [0.25, 0.3) is 0 Å². The molecule has 0 aliphatic carbocycles. The van der Waals surface area contributed by atoms with Gasteiger partial charge >= 0.3 is 0 Å². The van der Waals surface area contributed by atoms with Crippen LogP contribution in [0.4, 0.5) is 4.39 Å². The molecule has 0 aromatic carbocycles. The Morgan fingerprint density at radius 3 is 2.83 bits per heavy atom. The van der Waals surface area contributed by atoms with Gasteiger partial charge in [0.15, 0.2) is 0 Å². The lowest BCUT2D eigenvalue weighted by Gasteiger charge is -2.15. The van der Waals surface area contributed by atoms with Crippen molar-refractivity contribution in [1.29, 1.82) is 0 Å². The smallest absolute Gasteiger partial charge is 0.150 e. The van der Waals surface area contributed by atoms with Gasteiger partial charge in [-0.15, -0.1) is 0 Å². The molecule has 0 saturated heterocycles. The SMILES string of the molecule is CCS(=O)(=O)CCCC(NN)c1ncccc1F. The number of nitrogens with two attached hydrogens (primary N) is 1. The van der Waals surface area contributed by atoms with E-state index in [1.54, 1.807) is 6.92 Å². The molecule has 0 aliphatic heterocycles. The number of halogens is 1. The van der Waals surface area contributed by atoms with Crippen molar-refractivity contribution in [3.63, 3.8) is 0 Å². The van der Waals surface area contributed by atoms with Gasteiger partial charge in [0, 0.05) is 11.9 Å². The molecule has 0 radical (unpaired) electrons. The molecule has 1 heterocycles. The average Bonchev–Trinajstić information content (AvgIpc) is 2.36. The van der Waals surface area contributed by atoms with E-state index in [1.807, 2.05) is 0 Å². The second kappa shape index (κ2) is 6.77. The summed E-state index contributed by atoms with van der Waals surface area (Å²) in [5, 5.41) is 0. The fourth-order valence-electron chi connectivity index (χ4n) is 1.61. The van der Waals surface area contributed by atoms with E-state index in [1.165, 1.54) is 18.3 Å². The number of nitrogens with one attached hydrogen (secondary N) is 1. The zero-order valence-electron chi connectivity index (χ0n) is 10.3. The largest absolute Gasteiger partial charge is 0.271 e. The lowest BCUT2D eigenvalue weighted by atomic mass is 10.1. The number of pyridine rings is 1. The average molecular weight is 275 g/mol. The van der Waals surface area contributed by atoms with Crippen molar-refractivity contribution in [2.24, 2.45) is 5.84 Å². The maximum Gasteiger partial charge on any atom is 0.150 e. The van der Waals surface area contributed by atoms with Crippen molar-refractivity contribution < 1.29 is 12.8 Å². The molecule has 1 rings (SSSR count). The van der Waals surface area contributed by atoms with E-state index in [9.17, 15) is 12.8 Å². The highest BCUT2D eigenvalue weighted by Gasteiger charge is 2.16. The summed E-state index contributed by atoms with van der Waals surface area (Å²) in [5.41, 5.74) is 2.68. The number of hydrazine groups is 1.